The lowest BCUT2D eigenvalue weighted by Gasteiger charge is -2.08. The van der Waals surface area contributed by atoms with E-state index < -0.39 is 6.17 Å². The molecule has 0 aliphatic carbocycles. The minimum absolute atomic E-state index is 0.0581. The zero-order valence-corrected chi connectivity index (χ0v) is 20.8. The van der Waals surface area contributed by atoms with Gasteiger partial charge in [-0.05, 0) is 55.2 Å². The lowest BCUT2D eigenvalue weighted by molar-refractivity contribution is 0.210. The molecular formula is C30H39FN2O. The largest absolute Gasteiger partial charge is 0.491 e. The van der Waals surface area contributed by atoms with Gasteiger partial charge in [-0.2, -0.15) is 0 Å². The maximum Gasteiger partial charge on any atom is 0.159 e. The van der Waals surface area contributed by atoms with E-state index in [0.29, 0.717) is 11.6 Å². The first-order chi connectivity index (χ1) is 16.7. The van der Waals surface area contributed by atoms with Crippen molar-refractivity contribution in [3.8, 4) is 28.3 Å². The van der Waals surface area contributed by atoms with Crippen molar-refractivity contribution in [1.82, 2.24) is 9.97 Å². The molecule has 0 saturated carbocycles. The van der Waals surface area contributed by atoms with Gasteiger partial charge in [-0.1, -0.05) is 82.6 Å². The van der Waals surface area contributed by atoms with Crippen LogP contribution in [0.3, 0.4) is 0 Å². The third-order valence-corrected chi connectivity index (χ3v) is 6.10. The third-order valence-electron chi connectivity index (χ3n) is 6.10. The summed E-state index contributed by atoms with van der Waals surface area (Å²) in [5.74, 6) is 1.31. The predicted molar refractivity (Wildman–Crippen MR) is 140 cm³/mol. The minimum atomic E-state index is -0.987. The Balaban J connectivity index is 1.43. The Kier molecular flexibility index (Phi) is 11.0. The van der Waals surface area contributed by atoms with Gasteiger partial charge in [-0.15, -0.1) is 0 Å². The second-order valence-corrected chi connectivity index (χ2v) is 9.19. The van der Waals surface area contributed by atoms with Crippen LogP contribution in [0.1, 0.15) is 77.2 Å². The maximum atomic E-state index is 12.9. The summed E-state index contributed by atoms with van der Waals surface area (Å²) < 4.78 is 18.3. The SMILES string of the molecule is CCCCCCCCCCCc1ccc(-c2cnc(-c3ccc(OCC(C)F)cc3)nc2)cc1. The van der Waals surface area contributed by atoms with Crippen LogP contribution in [0.15, 0.2) is 60.9 Å². The molecule has 3 rings (SSSR count). The highest BCUT2D eigenvalue weighted by Crippen LogP contribution is 2.23. The number of hydrogen-bond donors (Lipinski definition) is 0. The van der Waals surface area contributed by atoms with Crippen LogP contribution in [0.4, 0.5) is 4.39 Å². The molecule has 0 saturated heterocycles. The zero-order chi connectivity index (χ0) is 24.0. The summed E-state index contributed by atoms with van der Waals surface area (Å²) in [4.78, 5) is 9.08. The molecule has 1 atom stereocenters. The van der Waals surface area contributed by atoms with Crippen molar-refractivity contribution in [1.29, 1.82) is 0 Å². The Morgan fingerprint density at radius 3 is 1.85 bits per heavy atom. The number of aromatic nitrogens is 2. The van der Waals surface area contributed by atoms with E-state index in [1.54, 1.807) is 0 Å². The first-order valence-corrected chi connectivity index (χ1v) is 12.9. The van der Waals surface area contributed by atoms with E-state index in [2.05, 4.69) is 41.2 Å². The molecule has 0 fully saturated rings. The molecule has 2 aromatic carbocycles. The smallest absolute Gasteiger partial charge is 0.159 e. The lowest BCUT2D eigenvalue weighted by Crippen LogP contribution is -2.08. The summed E-state index contributed by atoms with van der Waals surface area (Å²) in [5, 5.41) is 0. The number of halogens is 1. The van der Waals surface area contributed by atoms with Gasteiger partial charge in [-0.25, -0.2) is 14.4 Å². The van der Waals surface area contributed by atoms with Crippen LogP contribution in [-0.2, 0) is 6.42 Å². The summed E-state index contributed by atoms with van der Waals surface area (Å²) in [6, 6.07) is 16.2. The van der Waals surface area contributed by atoms with Gasteiger partial charge >= 0.3 is 0 Å². The highest BCUT2D eigenvalue weighted by atomic mass is 19.1. The van der Waals surface area contributed by atoms with Gasteiger partial charge in [0.15, 0.2) is 5.82 Å². The second-order valence-electron chi connectivity index (χ2n) is 9.19. The van der Waals surface area contributed by atoms with Crippen molar-refractivity contribution in [3.05, 3.63) is 66.5 Å². The number of rotatable bonds is 15. The predicted octanol–water partition coefficient (Wildman–Crippen LogP) is 8.62. The van der Waals surface area contributed by atoms with Gasteiger partial charge in [0.2, 0.25) is 0 Å². The van der Waals surface area contributed by atoms with E-state index in [9.17, 15) is 4.39 Å². The lowest BCUT2D eigenvalue weighted by atomic mass is 10.0. The van der Waals surface area contributed by atoms with Gasteiger partial charge in [0.25, 0.3) is 0 Å². The number of unbranched alkanes of at least 4 members (excludes halogenated alkanes) is 8. The van der Waals surface area contributed by atoms with E-state index >= 15 is 0 Å². The van der Waals surface area contributed by atoms with E-state index in [-0.39, 0.29) is 6.61 Å². The van der Waals surface area contributed by atoms with E-state index in [0.717, 1.165) is 23.1 Å². The van der Waals surface area contributed by atoms with Crippen molar-refractivity contribution >= 4 is 0 Å². The molecule has 182 valence electrons. The summed E-state index contributed by atoms with van der Waals surface area (Å²) >= 11 is 0. The normalized spacial score (nSPS) is 12.0. The van der Waals surface area contributed by atoms with Crippen LogP contribution in [0.25, 0.3) is 22.5 Å². The molecule has 1 heterocycles. The van der Waals surface area contributed by atoms with E-state index in [1.165, 1.54) is 70.3 Å². The average Bonchev–Trinajstić information content (AvgIpc) is 2.87. The fourth-order valence-corrected chi connectivity index (χ4v) is 4.04. The molecule has 4 heteroatoms. The second kappa shape index (κ2) is 14.5. The van der Waals surface area contributed by atoms with Crippen LogP contribution >= 0.6 is 0 Å². The summed E-state index contributed by atoms with van der Waals surface area (Å²) in [5.41, 5.74) is 4.44. The molecular weight excluding hydrogens is 423 g/mol. The Morgan fingerprint density at radius 2 is 1.26 bits per heavy atom. The Morgan fingerprint density at radius 1 is 0.706 bits per heavy atom. The Hall–Kier alpha value is -2.75. The van der Waals surface area contributed by atoms with Crippen molar-refractivity contribution in [2.24, 2.45) is 0 Å². The number of nitrogens with zero attached hydrogens (tertiary/aromatic N) is 2. The molecule has 0 aliphatic rings. The fraction of sp³-hybridized carbons (Fsp3) is 0.467. The van der Waals surface area contributed by atoms with Crippen molar-refractivity contribution in [2.45, 2.75) is 84.2 Å². The van der Waals surface area contributed by atoms with Crippen molar-refractivity contribution in [3.63, 3.8) is 0 Å². The third kappa shape index (κ3) is 8.89. The fourth-order valence-electron chi connectivity index (χ4n) is 4.04. The molecule has 0 radical (unpaired) electrons. The van der Waals surface area contributed by atoms with E-state index in [4.69, 9.17) is 4.74 Å². The molecule has 34 heavy (non-hydrogen) atoms. The van der Waals surface area contributed by atoms with Crippen molar-refractivity contribution < 1.29 is 9.13 Å². The highest BCUT2D eigenvalue weighted by molar-refractivity contribution is 5.64. The molecule has 0 spiro atoms. The Bertz CT molecular complexity index is 937. The number of ether oxygens (including phenoxy) is 1. The molecule has 0 amide bonds. The van der Waals surface area contributed by atoms with E-state index in [1.807, 2.05) is 36.7 Å². The minimum Gasteiger partial charge on any atom is -0.491 e. The Labute approximate surface area is 204 Å². The molecule has 1 unspecified atom stereocenters. The zero-order valence-electron chi connectivity index (χ0n) is 20.8. The number of alkyl halides is 1. The monoisotopic (exact) mass is 462 g/mol. The van der Waals surface area contributed by atoms with Gasteiger partial charge < -0.3 is 4.74 Å². The number of aryl methyl sites for hydroxylation is 1. The number of benzene rings is 2. The van der Waals surface area contributed by atoms with Gasteiger partial charge in [0.1, 0.15) is 18.5 Å². The molecule has 3 nitrogen and oxygen atoms in total. The van der Waals surface area contributed by atoms with Crippen LogP contribution in [0.5, 0.6) is 5.75 Å². The molecule has 0 bridgehead atoms. The van der Waals surface area contributed by atoms with Crippen molar-refractivity contribution in [2.75, 3.05) is 6.61 Å². The van der Waals surface area contributed by atoms with Gasteiger partial charge in [0, 0.05) is 23.5 Å². The van der Waals surface area contributed by atoms with Crippen LogP contribution < -0.4 is 4.74 Å². The molecule has 3 aromatic rings. The standard InChI is InChI=1S/C30H39FN2O/c1-3-4-5-6-7-8-9-10-11-12-25-13-15-26(16-14-25)28-21-32-30(33-22-28)27-17-19-29(20-18-27)34-23-24(2)31/h13-22,24H,3-12,23H2,1-2H3. The first-order valence-electron chi connectivity index (χ1n) is 12.9. The first kappa shape index (κ1) is 25.9. The summed E-state index contributed by atoms with van der Waals surface area (Å²) in [6.45, 7) is 3.81. The molecule has 0 aliphatic heterocycles. The maximum absolute atomic E-state index is 12.9. The molecule has 1 aromatic heterocycles. The number of hydrogen-bond acceptors (Lipinski definition) is 3. The summed E-state index contributed by atoms with van der Waals surface area (Å²) in [6.07, 6.45) is 16.2. The quantitative estimate of drug-likeness (QED) is 0.212. The average molecular weight is 463 g/mol. The van der Waals surface area contributed by atoms with Crippen LogP contribution in [-0.4, -0.2) is 22.7 Å². The van der Waals surface area contributed by atoms with Gasteiger partial charge in [-0.3, -0.25) is 0 Å². The van der Waals surface area contributed by atoms with Crippen LogP contribution in [0, 0.1) is 0 Å². The summed E-state index contributed by atoms with van der Waals surface area (Å²) in [7, 11) is 0. The molecule has 0 N–H and O–H groups in total. The topological polar surface area (TPSA) is 35.0 Å². The van der Waals surface area contributed by atoms with Crippen LogP contribution in [0.2, 0.25) is 0 Å². The van der Waals surface area contributed by atoms with Gasteiger partial charge in [0.05, 0.1) is 0 Å². The highest BCUT2D eigenvalue weighted by Gasteiger charge is 2.05.